The van der Waals surface area contributed by atoms with E-state index in [0.717, 1.165) is 29.6 Å². The van der Waals surface area contributed by atoms with Crippen LogP contribution in [-0.2, 0) is 11.3 Å². The Kier molecular flexibility index (Phi) is 4.12. The first-order valence-electron chi connectivity index (χ1n) is 7.68. The molecule has 0 spiro atoms. The van der Waals surface area contributed by atoms with Gasteiger partial charge in [-0.3, -0.25) is 20.2 Å². The number of aromatic nitrogens is 4. The van der Waals surface area contributed by atoms with Crippen LogP contribution in [0.15, 0.2) is 24.5 Å². The summed E-state index contributed by atoms with van der Waals surface area (Å²) in [6, 6.07) is 3.75. The standard InChI is InChI=1S/C15H15Cl2N7O/c16-11-2-1-9-10(8-3-19-20-4-8)5-24(15(9)14(11)17)13-7-23(22-21-13)6-12(18)25/h1-2,5,7-8,19-20H,3-4,6H2,(H2,18,25). The van der Waals surface area contributed by atoms with Gasteiger partial charge >= 0.3 is 0 Å². The monoisotopic (exact) mass is 379 g/mol. The van der Waals surface area contributed by atoms with E-state index in [1.165, 1.54) is 4.68 Å². The summed E-state index contributed by atoms with van der Waals surface area (Å²) in [5.41, 5.74) is 13.4. The predicted octanol–water partition coefficient (Wildman–Crippen LogP) is 1.21. The first-order valence-corrected chi connectivity index (χ1v) is 8.43. The molecule has 0 aliphatic carbocycles. The van der Waals surface area contributed by atoms with Crippen LogP contribution in [0.4, 0.5) is 0 Å². The number of amides is 1. The molecule has 10 heteroatoms. The zero-order chi connectivity index (χ0) is 17.6. The van der Waals surface area contributed by atoms with Gasteiger partial charge in [0.25, 0.3) is 0 Å². The predicted molar refractivity (Wildman–Crippen MR) is 94.8 cm³/mol. The van der Waals surface area contributed by atoms with E-state index in [-0.39, 0.29) is 6.54 Å². The third kappa shape index (κ3) is 2.87. The van der Waals surface area contributed by atoms with Crippen LogP contribution in [0.1, 0.15) is 11.5 Å². The lowest BCUT2D eigenvalue weighted by Gasteiger charge is -2.06. The van der Waals surface area contributed by atoms with Crippen LogP contribution in [-0.4, -0.2) is 38.6 Å². The van der Waals surface area contributed by atoms with Crippen molar-refractivity contribution in [1.29, 1.82) is 0 Å². The Labute approximate surface area is 152 Å². The van der Waals surface area contributed by atoms with E-state index < -0.39 is 5.91 Å². The Balaban J connectivity index is 1.89. The molecule has 1 amide bonds. The van der Waals surface area contributed by atoms with E-state index in [9.17, 15) is 4.79 Å². The smallest absolute Gasteiger partial charge is 0.239 e. The van der Waals surface area contributed by atoms with Crippen LogP contribution in [0, 0.1) is 0 Å². The van der Waals surface area contributed by atoms with Gasteiger partial charge in [0, 0.05) is 30.6 Å². The van der Waals surface area contributed by atoms with Crippen LogP contribution in [0.2, 0.25) is 10.0 Å². The highest BCUT2D eigenvalue weighted by molar-refractivity contribution is 6.45. The number of nitrogens with two attached hydrogens (primary N) is 1. The molecular formula is C15H15Cl2N7O. The molecular weight excluding hydrogens is 365 g/mol. The van der Waals surface area contributed by atoms with E-state index in [0.29, 0.717) is 21.8 Å². The minimum absolute atomic E-state index is 0.0377. The second-order valence-electron chi connectivity index (χ2n) is 5.91. The van der Waals surface area contributed by atoms with Crippen molar-refractivity contribution in [2.75, 3.05) is 13.1 Å². The number of hydrogen-bond donors (Lipinski definition) is 3. The number of carbonyl (C=O) groups excluding carboxylic acids is 1. The molecule has 8 nitrogen and oxygen atoms in total. The third-order valence-electron chi connectivity index (χ3n) is 4.24. The SMILES string of the molecule is NC(=O)Cn1cc(-n2cc(C3CNNC3)c3ccc(Cl)c(Cl)c32)nn1. The molecule has 0 radical (unpaired) electrons. The van der Waals surface area contributed by atoms with Crippen molar-refractivity contribution in [3.63, 3.8) is 0 Å². The Bertz CT molecular complexity index is 958. The topological polar surface area (TPSA) is 103 Å². The van der Waals surface area contributed by atoms with E-state index in [1.54, 1.807) is 12.3 Å². The maximum Gasteiger partial charge on any atom is 0.239 e. The van der Waals surface area contributed by atoms with Crippen molar-refractivity contribution in [2.24, 2.45) is 5.73 Å². The fraction of sp³-hybridized carbons (Fsp3) is 0.267. The molecule has 1 aliphatic heterocycles. The van der Waals surface area contributed by atoms with Gasteiger partial charge in [0.05, 0.1) is 21.8 Å². The van der Waals surface area contributed by atoms with Gasteiger partial charge in [0.1, 0.15) is 6.54 Å². The molecule has 1 saturated heterocycles. The number of hydrogen-bond acceptors (Lipinski definition) is 5. The fourth-order valence-corrected chi connectivity index (χ4v) is 3.51. The minimum atomic E-state index is -0.487. The number of hydrazine groups is 1. The quantitative estimate of drug-likeness (QED) is 0.631. The van der Waals surface area contributed by atoms with Crippen LogP contribution >= 0.6 is 23.2 Å². The summed E-state index contributed by atoms with van der Waals surface area (Å²) in [4.78, 5) is 11.1. The summed E-state index contributed by atoms with van der Waals surface area (Å²) in [5.74, 6) is 0.348. The van der Waals surface area contributed by atoms with Gasteiger partial charge in [0.15, 0.2) is 5.82 Å². The minimum Gasteiger partial charge on any atom is -0.368 e. The van der Waals surface area contributed by atoms with Crippen molar-refractivity contribution in [1.82, 2.24) is 30.4 Å². The summed E-state index contributed by atoms with van der Waals surface area (Å²) in [7, 11) is 0. The van der Waals surface area contributed by atoms with Crippen molar-refractivity contribution in [3.05, 3.63) is 40.1 Å². The Morgan fingerprint density at radius 2 is 2.04 bits per heavy atom. The van der Waals surface area contributed by atoms with Gasteiger partial charge in [-0.1, -0.05) is 34.5 Å². The lowest BCUT2D eigenvalue weighted by molar-refractivity contribution is -0.118. The first kappa shape index (κ1) is 16.3. The molecule has 25 heavy (non-hydrogen) atoms. The molecule has 0 atom stereocenters. The normalized spacial score (nSPS) is 15.3. The highest BCUT2D eigenvalue weighted by Gasteiger charge is 2.24. The zero-order valence-electron chi connectivity index (χ0n) is 13.0. The molecule has 1 fully saturated rings. The highest BCUT2D eigenvalue weighted by atomic mass is 35.5. The Hall–Kier alpha value is -2.13. The fourth-order valence-electron chi connectivity index (χ4n) is 3.11. The average Bonchev–Trinajstić information content (AvgIpc) is 3.28. The maximum atomic E-state index is 11.1. The molecule has 2 aromatic heterocycles. The van der Waals surface area contributed by atoms with Crippen LogP contribution in [0.5, 0.6) is 0 Å². The summed E-state index contributed by atoms with van der Waals surface area (Å²) in [6.07, 6.45) is 3.64. The van der Waals surface area contributed by atoms with Crippen LogP contribution in [0.3, 0.4) is 0 Å². The molecule has 3 aromatic rings. The molecule has 0 bridgehead atoms. The van der Waals surface area contributed by atoms with E-state index >= 15 is 0 Å². The molecule has 0 saturated carbocycles. The molecule has 1 aromatic carbocycles. The van der Waals surface area contributed by atoms with E-state index in [1.807, 2.05) is 16.8 Å². The lowest BCUT2D eigenvalue weighted by Crippen LogP contribution is -2.21. The summed E-state index contributed by atoms with van der Waals surface area (Å²) >= 11 is 12.7. The largest absolute Gasteiger partial charge is 0.368 e. The molecule has 130 valence electrons. The number of rotatable bonds is 4. The second kappa shape index (κ2) is 6.30. The second-order valence-corrected chi connectivity index (χ2v) is 6.70. The van der Waals surface area contributed by atoms with E-state index in [4.69, 9.17) is 28.9 Å². The number of fused-ring (bicyclic) bond motifs is 1. The lowest BCUT2D eigenvalue weighted by atomic mass is 10.00. The van der Waals surface area contributed by atoms with Gasteiger partial charge < -0.3 is 5.73 Å². The van der Waals surface area contributed by atoms with Gasteiger partial charge in [-0.25, -0.2) is 4.68 Å². The van der Waals surface area contributed by atoms with Crippen molar-refractivity contribution in [3.8, 4) is 5.82 Å². The number of primary amides is 1. The van der Waals surface area contributed by atoms with Gasteiger partial charge in [0.2, 0.25) is 5.91 Å². The van der Waals surface area contributed by atoms with Gasteiger partial charge in [-0.2, -0.15) is 0 Å². The number of halogens is 2. The molecule has 0 unspecified atom stereocenters. The summed E-state index contributed by atoms with van der Waals surface area (Å²) in [6.45, 7) is 1.59. The number of benzene rings is 1. The van der Waals surface area contributed by atoms with Gasteiger partial charge in [-0.05, 0) is 11.6 Å². The summed E-state index contributed by atoms with van der Waals surface area (Å²) < 4.78 is 3.24. The molecule has 1 aliphatic rings. The van der Waals surface area contributed by atoms with Crippen LogP contribution < -0.4 is 16.6 Å². The number of nitrogens with zero attached hydrogens (tertiary/aromatic N) is 4. The molecule has 4 N–H and O–H groups in total. The summed E-state index contributed by atoms with van der Waals surface area (Å²) in [5, 5.41) is 10.0. The maximum absolute atomic E-state index is 11.1. The Morgan fingerprint density at radius 1 is 1.28 bits per heavy atom. The number of carbonyl (C=O) groups is 1. The molecule has 3 heterocycles. The van der Waals surface area contributed by atoms with Crippen molar-refractivity contribution in [2.45, 2.75) is 12.5 Å². The number of nitrogens with one attached hydrogen (secondary N) is 2. The third-order valence-corrected chi connectivity index (χ3v) is 5.04. The van der Waals surface area contributed by atoms with Gasteiger partial charge in [-0.15, -0.1) is 5.10 Å². The first-order chi connectivity index (χ1) is 12.0. The van der Waals surface area contributed by atoms with Crippen molar-refractivity contribution >= 4 is 40.0 Å². The Morgan fingerprint density at radius 3 is 2.76 bits per heavy atom. The zero-order valence-corrected chi connectivity index (χ0v) is 14.6. The molecule has 4 rings (SSSR count). The van der Waals surface area contributed by atoms with E-state index in [2.05, 4.69) is 21.2 Å². The van der Waals surface area contributed by atoms with Crippen molar-refractivity contribution < 1.29 is 4.79 Å². The van der Waals surface area contributed by atoms with Crippen LogP contribution in [0.25, 0.3) is 16.7 Å². The highest BCUT2D eigenvalue weighted by Crippen LogP contribution is 2.37. The average molecular weight is 380 g/mol.